The van der Waals surface area contributed by atoms with Gasteiger partial charge in [0.25, 0.3) is 0 Å². The first-order chi connectivity index (χ1) is 7.16. The van der Waals surface area contributed by atoms with Crippen molar-refractivity contribution in [1.82, 2.24) is 19.5 Å². The number of imidazole rings is 1. The summed E-state index contributed by atoms with van der Waals surface area (Å²) >= 11 is 0. The van der Waals surface area contributed by atoms with Gasteiger partial charge in [-0.05, 0) is 6.92 Å². The lowest BCUT2D eigenvalue weighted by Crippen LogP contribution is -1.99. The van der Waals surface area contributed by atoms with E-state index in [0.29, 0.717) is 5.95 Å². The van der Waals surface area contributed by atoms with E-state index in [1.165, 1.54) is 0 Å². The average molecular weight is 205 g/mol. The standard InChI is InChI=1S/C8H7N5O2/c1-6-4-12(5-11-6)8-9-2-7(3-10-8)13(14)15/h2-5H,1H3. The summed E-state index contributed by atoms with van der Waals surface area (Å²) in [6, 6.07) is 0. The molecule has 0 saturated heterocycles. The van der Waals surface area contributed by atoms with Gasteiger partial charge in [0.2, 0.25) is 5.95 Å². The van der Waals surface area contributed by atoms with Gasteiger partial charge >= 0.3 is 5.69 Å². The summed E-state index contributed by atoms with van der Waals surface area (Å²) in [4.78, 5) is 21.5. The van der Waals surface area contributed by atoms with Gasteiger partial charge in [0.15, 0.2) is 0 Å². The van der Waals surface area contributed by atoms with Crippen LogP contribution in [0.2, 0.25) is 0 Å². The molecule has 0 fully saturated rings. The SMILES string of the molecule is Cc1cn(-c2ncc([N+](=O)[O-])cn2)cn1. The van der Waals surface area contributed by atoms with E-state index in [0.717, 1.165) is 18.1 Å². The van der Waals surface area contributed by atoms with Gasteiger partial charge in [-0.25, -0.2) is 15.0 Å². The van der Waals surface area contributed by atoms with Crippen molar-refractivity contribution < 1.29 is 4.92 Å². The van der Waals surface area contributed by atoms with Gasteiger partial charge in [0, 0.05) is 6.20 Å². The minimum atomic E-state index is -0.539. The molecule has 0 unspecified atom stereocenters. The minimum Gasteiger partial charge on any atom is -0.274 e. The Morgan fingerprint density at radius 3 is 2.47 bits per heavy atom. The molecule has 0 amide bonds. The van der Waals surface area contributed by atoms with Crippen molar-refractivity contribution in [2.24, 2.45) is 0 Å². The smallest absolute Gasteiger partial charge is 0.274 e. The molecular formula is C8H7N5O2. The summed E-state index contributed by atoms with van der Waals surface area (Å²) in [5.74, 6) is 0.362. The highest BCUT2D eigenvalue weighted by Crippen LogP contribution is 2.08. The van der Waals surface area contributed by atoms with Crippen molar-refractivity contribution in [3.8, 4) is 5.95 Å². The molecule has 15 heavy (non-hydrogen) atoms. The summed E-state index contributed by atoms with van der Waals surface area (Å²) in [5.41, 5.74) is 0.701. The molecule has 0 spiro atoms. The summed E-state index contributed by atoms with van der Waals surface area (Å²) < 4.78 is 1.60. The fourth-order valence-electron chi connectivity index (χ4n) is 1.07. The summed E-state index contributed by atoms with van der Waals surface area (Å²) in [7, 11) is 0. The van der Waals surface area contributed by atoms with E-state index in [2.05, 4.69) is 15.0 Å². The number of nitro groups is 1. The number of aryl methyl sites for hydroxylation is 1. The summed E-state index contributed by atoms with van der Waals surface area (Å²) in [5, 5.41) is 10.4. The van der Waals surface area contributed by atoms with E-state index < -0.39 is 4.92 Å². The van der Waals surface area contributed by atoms with Gasteiger partial charge in [0.05, 0.1) is 10.6 Å². The van der Waals surface area contributed by atoms with Gasteiger partial charge in [-0.3, -0.25) is 14.7 Å². The van der Waals surface area contributed by atoms with Crippen LogP contribution in [-0.4, -0.2) is 24.4 Å². The van der Waals surface area contributed by atoms with Crippen LogP contribution in [0, 0.1) is 17.0 Å². The molecule has 0 aliphatic heterocycles. The monoisotopic (exact) mass is 205 g/mol. The van der Waals surface area contributed by atoms with Crippen LogP contribution in [0.15, 0.2) is 24.9 Å². The molecule has 0 aromatic carbocycles. The van der Waals surface area contributed by atoms with Crippen LogP contribution in [0.25, 0.3) is 5.95 Å². The van der Waals surface area contributed by atoms with Gasteiger partial charge in [-0.15, -0.1) is 0 Å². The van der Waals surface area contributed by atoms with E-state index in [9.17, 15) is 10.1 Å². The Balaban J connectivity index is 2.35. The van der Waals surface area contributed by atoms with Crippen molar-refractivity contribution in [3.05, 3.63) is 40.7 Å². The maximum absolute atomic E-state index is 10.4. The fraction of sp³-hybridized carbons (Fsp3) is 0.125. The van der Waals surface area contributed by atoms with Crippen molar-refractivity contribution in [2.75, 3.05) is 0 Å². The van der Waals surface area contributed by atoms with Gasteiger partial charge < -0.3 is 0 Å². The van der Waals surface area contributed by atoms with Crippen LogP contribution in [-0.2, 0) is 0 Å². The first-order valence-electron chi connectivity index (χ1n) is 4.14. The lowest BCUT2D eigenvalue weighted by molar-refractivity contribution is -0.385. The highest BCUT2D eigenvalue weighted by atomic mass is 16.6. The maximum atomic E-state index is 10.4. The number of rotatable bonds is 2. The third-order valence-electron chi connectivity index (χ3n) is 1.78. The second-order valence-electron chi connectivity index (χ2n) is 2.92. The molecular weight excluding hydrogens is 198 g/mol. The Morgan fingerprint density at radius 1 is 1.33 bits per heavy atom. The number of nitrogens with zero attached hydrogens (tertiary/aromatic N) is 5. The molecule has 0 aliphatic carbocycles. The summed E-state index contributed by atoms with van der Waals surface area (Å²) in [6.45, 7) is 1.84. The summed E-state index contributed by atoms with van der Waals surface area (Å²) in [6.07, 6.45) is 5.62. The highest BCUT2D eigenvalue weighted by molar-refractivity contribution is 5.25. The zero-order valence-electron chi connectivity index (χ0n) is 7.86. The van der Waals surface area contributed by atoms with Gasteiger partial charge in [-0.1, -0.05) is 0 Å². The van der Waals surface area contributed by atoms with E-state index in [4.69, 9.17) is 0 Å². The zero-order chi connectivity index (χ0) is 10.8. The second-order valence-corrected chi connectivity index (χ2v) is 2.92. The molecule has 0 atom stereocenters. The van der Waals surface area contributed by atoms with Crippen LogP contribution in [0.1, 0.15) is 5.69 Å². The van der Waals surface area contributed by atoms with Gasteiger partial charge in [-0.2, -0.15) is 0 Å². The average Bonchev–Trinajstić information content (AvgIpc) is 2.65. The Hall–Kier alpha value is -2.31. The first-order valence-corrected chi connectivity index (χ1v) is 4.14. The molecule has 0 N–H and O–H groups in total. The Morgan fingerprint density at radius 2 is 2.00 bits per heavy atom. The van der Waals surface area contributed by atoms with E-state index in [1.807, 2.05) is 6.92 Å². The van der Waals surface area contributed by atoms with E-state index in [-0.39, 0.29) is 5.69 Å². The maximum Gasteiger partial charge on any atom is 0.305 e. The normalized spacial score (nSPS) is 10.2. The third kappa shape index (κ3) is 1.80. The molecule has 2 rings (SSSR count). The molecule has 2 aromatic heterocycles. The number of aromatic nitrogens is 4. The zero-order valence-corrected chi connectivity index (χ0v) is 7.86. The molecule has 0 radical (unpaired) electrons. The van der Waals surface area contributed by atoms with E-state index >= 15 is 0 Å². The predicted molar refractivity (Wildman–Crippen MR) is 50.5 cm³/mol. The quantitative estimate of drug-likeness (QED) is 0.536. The lowest BCUT2D eigenvalue weighted by Gasteiger charge is -1.97. The minimum absolute atomic E-state index is 0.129. The largest absolute Gasteiger partial charge is 0.305 e. The lowest BCUT2D eigenvalue weighted by atomic mass is 10.5. The van der Waals surface area contributed by atoms with Crippen LogP contribution < -0.4 is 0 Å². The van der Waals surface area contributed by atoms with Crippen LogP contribution in [0.4, 0.5) is 5.69 Å². The van der Waals surface area contributed by atoms with Crippen LogP contribution in [0.5, 0.6) is 0 Å². The molecule has 0 bridgehead atoms. The number of hydrogen-bond donors (Lipinski definition) is 0. The first kappa shape index (κ1) is 9.25. The Kier molecular flexibility index (Phi) is 2.13. The van der Waals surface area contributed by atoms with Crippen molar-refractivity contribution in [2.45, 2.75) is 6.92 Å². The Labute approximate surface area is 84.6 Å². The highest BCUT2D eigenvalue weighted by Gasteiger charge is 2.07. The molecule has 2 heterocycles. The van der Waals surface area contributed by atoms with Crippen molar-refractivity contribution in [1.29, 1.82) is 0 Å². The Bertz CT molecular complexity index is 490. The van der Waals surface area contributed by atoms with Crippen LogP contribution in [0.3, 0.4) is 0 Å². The molecule has 76 valence electrons. The van der Waals surface area contributed by atoms with Crippen LogP contribution >= 0.6 is 0 Å². The molecule has 0 aliphatic rings. The van der Waals surface area contributed by atoms with Gasteiger partial charge in [0.1, 0.15) is 18.7 Å². The second kappa shape index (κ2) is 3.45. The molecule has 7 nitrogen and oxygen atoms in total. The topological polar surface area (TPSA) is 86.7 Å². The van der Waals surface area contributed by atoms with E-state index in [1.54, 1.807) is 17.1 Å². The fourth-order valence-corrected chi connectivity index (χ4v) is 1.07. The predicted octanol–water partition coefficient (Wildman–Crippen LogP) is 0.879. The molecule has 7 heteroatoms. The molecule has 2 aromatic rings. The third-order valence-corrected chi connectivity index (χ3v) is 1.78. The molecule has 0 saturated carbocycles. The van der Waals surface area contributed by atoms with Crippen molar-refractivity contribution >= 4 is 5.69 Å². The number of hydrogen-bond acceptors (Lipinski definition) is 5. The van der Waals surface area contributed by atoms with Crippen molar-refractivity contribution in [3.63, 3.8) is 0 Å².